The second-order valence-corrected chi connectivity index (χ2v) is 13.1. The summed E-state index contributed by atoms with van der Waals surface area (Å²) in [6.45, 7) is -4.21. The zero-order valence-electron chi connectivity index (χ0n) is 24.5. The SMILES string of the molecule is CNC(=O)c1c(-c2ccc(F)cc2)oc2cc(N(CC3CC3)S(C)(=O)=O)c(-c3cccc(C(=O)NC(CF)(CF)CF)c3)cc12. The Morgan fingerprint density at radius 1 is 0.956 bits per heavy atom. The van der Waals surface area contributed by atoms with Crippen molar-refractivity contribution in [3.8, 4) is 22.5 Å². The molecule has 0 atom stereocenters. The van der Waals surface area contributed by atoms with E-state index in [2.05, 4.69) is 10.6 Å². The first-order valence-electron chi connectivity index (χ1n) is 14.1. The molecule has 0 unspecified atom stereocenters. The van der Waals surface area contributed by atoms with Crippen molar-refractivity contribution in [2.24, 2.45) is 5.92 Å². The minimum absolute atomic E-state index is 0.0582. The van der Waals surface area contributed by atoms with Crippen LogP contribution in [-0.4, -0.2) is 65.6 Å². The van der Waals surface area contributed by atoms with Crippen molar-refractivity contribution in [1.29, 1.82) is 0 Å². The second kappa shape index (κ2) is 12.5. The van der Waals surface area contributed by atoms with E-state index in [9.17, 15) is 35.6 Å². The van der Waals surface area contributed by atoms with Gasteiger partial charge in [0, 0.05) is 41.7 Å². The number of hydrogen-bond acceptors (Lipinski definition) is 5. The Bertz CT molecular complexity index is 1840. The molecule has 2 N–H and O–H groups in total. The Morgan fingerprint density at radius 2 is 1.62 bits per heavy atom. The molecule has 238 valence electrons. The lowest BCUT2D eigenvalue weighted by atomic mass is 9.96. The van der Waals surface area contributed by atoms with Crippen LogP contribution in [0.15, 0.2) is 65.1 Å². The molecule has 1 aromatic heterocycles. The molecule has 45 heavy (non-hydrogen) atoms. The molecular formula is C32H31F4N3O5S. The number of sulfonamides is 1. The number of halogens is 4. The maximum absolute atomic E-state index is 13.7. The van der Waals surface area contributed by atoms with Crippen LogP contribution in [0, 0.1) is 11.7 Å². The van der Waals surface area contributed by atoms with Crippen LogP contribution in [-0.2, 0) is 10.0 Å². The highest BCUT2D eigenvalue weighted by Crippen LogP contribution is 2.43. The van der Waals surface area contributed by atoms with Crippen LogP contribution in [0.5, 0.6) is 0 Å². The van der Waals surface area contributed by atoms with Gasteiger partial charge in [0.15, 0.2) is 0 Å². The highest BCUT2D eigenvalue weighted by atomic mass is 32.2. The zero-order chi connectivity index (χ0) is 32.5. The van der Waals surface area contributed by atoms with Gasteiger partial charge < -0.3 is 15.1 Å². The number of carbonyl (C=O) groups is 2. The van der Waals surface area contributed by atoms with E-state index in [0.29, 0.717) is 22.1 Å². The van der Waals surface area contributed by atoms with Gasteiger partial charge in [-0.2, -0.15) is 0 Å². The van der Waals surface area contributed by atoms with Gasteiger partial charge in [0.2, 0.25) is 10.0 Å². The second-order valence-electron chi connectivity index (χ2n) is 11.2. The van der Waals surface area contributed by atoms with Crippen molar-refractivity contribution in [3.05, 3.63) is 77.6 Å². The Hall–Kier alpha value is -4.39. The van der Waals surface area contributed by atoms with Crippen LogP contribution in [0.3, 0.4) is 0 Å². The number of nitrogens with one attached hydrogen (secondary N) is 2. The number of anilines is 1. The van der Waals surface area contributed by atoms with E-state index < -0.39 is 53.2 Å². The molecule has 1 fully saturated rings. The predicted octanol–water partition coefficient (Wildman–Crippen LogP) is 5.82. The van der Waals surface area contributed by atoms with Crippen LogP contribution in [0.1, 0.15) is 33.6 Å². The van der Waals surface area contributed by atoms with Gasteiger partial charge in [-0.05, 0) is 66.8 Å². The lowest BCUT2D eigenvalue weighted by Gasteiger charge is -2.26. The van der Waals surface area contributed by atoms with E-state index in [-0.39, 0.29) is 40.6 Å². The minimum atomic E-state index is -3.85. The molecular weight excluding hydrogens is 614 g/mol. The van der Waals surface area contributed by atoms with E-state index in [4.69, 9.17) is 4.42 Å². The number of carbonyl (C=O) groups excluding carboxylic acids is 2. The zero-order valence-corrected chi connectivity index (χ0v) is 25.3. The smallest absolute Gasteiger partial charge is 0.255 e. The van der Waals surface area contributed by atoms with Crippen molar-refractivity contribution in [3.63, 3.8) is 0 Å². The van der Waals surface area contributed by atoms with Gasteiger partial charge in [-0.3, -0.25) is 13.9 Å². The fourth-order valence-corrected chi connectivity index (χ4v) is 6.01. The predicted molar refractivity (Wildman–Crippen MR) is 163 cm³/mol. The molecule has 4 aromatic rings. The summed E-state index contributed by atoms with van der Waals surface area (Å²) in [5.74, 6) is -1.68. The fourth-order valence-electron chi connectivity index (χ4n) is 5.02. The molecule has 3 aromatic carbocycles. The number of rotatable bonds is 12. The first kappa shape index (κ1) is 32.0. The molecule has 0 radical (unpaired) electrons. The summed E-state index contributed by atoms with van der Waals surface area (Å²) < 4.78 is 87.9. The maximum atomic E-state index is 13.7. The van der Waals surface area contributed by atoms with Crippen LogP contribution in [0.25, 0.3) is 33.4 Å². The minimum Gasteiger partial charge on any atom is -0.455 e. The normalized spacial score (nSPS) is 13.6. The molecule has 1 heterocycles. The lowest BCUT2D eigenvalue weighted by molar-refractivity contribution is 0.0810. The van der Waals surface area contributed by atoms with Crippen molar-refractivity contribution >= 4 is 38.5 Å². The van der Waals surface area contributed by atoms with Crippen LogP contribution in [0.4, 0.5) is 23.2 Å². The number of benzene rings is 3. The van der Waals surface area contributed by atoms with Gasteiger partial charge >= 0.3 is 0 Å². The summed E-state index contributed by atoms with van der Waals surface area (Å²) in [6, 6.07) is 14.3. The third-order valence-electron chi connectivity index (χ3n) is 7.74. The topological polar surface area (TPSA) is 109 Å². The molecule has 5 rings (SSSR count). The van der Waals surface area contributed by atoms with Gasteiger partial charge in [-0.1, -0.05) is 12.1 Å². The number of furan rings is 1. The van der Waals surface area contributed by atoms with E-state index >= 15 is 0 Å². The highest BCUT2D eigenvalue weighted by Gasteiger charge is 2.34. The Balaban J connectivity index is 1.74. The molecule has 0 spiro atoms. The Labute approximate surface area is 257 Å². The molecule has 1 saturated carbocycles. The van der Waals surface area contributed by atoms with Crippen LogP contribution < -0.4 is 14.9 Å². The van der Waals surface area contributed by atoms with Crippen molar-refractivity contribution in [2.75, 3.05) is 44.2 Å². The number of fused-ring (bicyclic) bond motifs is 1. The average Bonchev–Trinajstić information content (AvgIpc) is 3.79. The van der Waals surface area contributed by atoms with Gasteiger partial charge in [0.25, 0.3) is 11.8 Å². The standard InChI is InChI=1S/C32H31F4N3O5S/c1-37-31(41)28-25-13-24(21-4-3-5-22(12-21)30(40)38-32(16-33,17-34)18-35)26(39(45(2,42)43)15-19-6-7-19)14-27(25)44-29(28)20-8-10-23(36)11-9-20/h3-5,8-14,19H,6-7,15-18H2,1-2H3,(H,37,41)(H,38,40). The van der Waals surface area contributed by atoms with Gasteiger partial charge in [0.1, 0.15) is 42.7 Å². The van der Waals surface area contributed by atoms with E-state index in [0.717, 1.165) is 19.1 Å². The number of hydrogen-bond donors (Lipinski definition) is 2. The quantitative estimate of drug-likeness (QED) is 0.189. The average molecular weight is 646 g/mol. The van der Waals surface area contributed by atoms with E-state index in [1.807, 2.05) is 0 Å². The third kappa shape index (κ3) is 6.53. The summed E-state index contributed by atoms with van der Waals surface area (Å²) in [4.78, 5) is 26.2. The maximum Gasteiger partial charge on any atom is 0.255 e. The first-order valence-corrected chi connectivity index (χ1v) is 16.0. The number of nitrogens with zero attached hydrogens (tertiary/aromatic N) is 1. The van der Waals surface area contributed by atoms with Crippen molar-refractivity contribution < 1.29 is 40.0 Å². The Kier molecular flexibility index (Phi) is 8.92. The molecule has 8 nitrogen and oxygen atoms in total. The number of amides is 2. The van der Waals surface area contributed by atoms with Crippen LogP contribution in [0.2, 0.25) is 0 Å². The summed E-state index contributed by atoms with van der Waals surface area (Å²) in [7, 11) is -2.42. The molecule has 0 bridgehead atoms. The summed E-state index contributed by atoms with van der Waals surface area (Å²) in [5.41, 5.74) is -0.820. The van der Waals surface area contributed by atoms with Gasteiger partial charge in [0.05, 0.1) is 17.5 Å². The summed E-state index contributed by atoms with van der Waals surface area (Å²) in [6.07, 6.45) is 2.75. The van der Waals surface area contributed by atoms with Gasteiger partial charge in [-0.15, -0.1) is 0 Å². The number of alkyl halides is 3. The first-order chi connectivity index (χ1) is 21.4. The lowest BCUT2D eigenvalue weighted by Crippen LogP contribution is -2.54. The molecule has 0 saturated heterocycles. The van der Waals surface area contributed by atoms with Crippen molar-refractivity contribution in [1.82, 2.24) is 10.6 Å². The Morgan fingerprint density at radius 3 is 2.20 bits per heavy atom. The monoisotopic (exact) mass is 645 g/mol. The summed E-state index contributed by atoms with van der Waals surface area (Å²) in [5, 5.41) is 4.98. The van der Waals surface area contributed by atoms with Crippen molar-refractivity contribution in [2.45, 2.75) is 18.4 Å². The molecule has 1 aliphatic carbocycles. The van der Waals surface area contributed by atoms with E-state index in [1.165, 1.54) is 59.9 Å². The molecule has 13 heteroatoms. The van der Waals surface area contributed by atoms with E-state index in [1.54, 1.807) is 12.1 Å². The molecule has 0 aliphatic heterocycles. The summed E-state index contributed by atoms with van der Waals surface area (Å²) >= 11 is 0. The fraction of sp³-hybridized carbons (Fsp3) is 0.312. The van der Waals surface area contributed by atoms with Gasteiger partial charge in [-0.25, -0.2) is 26.0 Å². The van der Waals surface area contributed by atoms with Crippen LogP contribution >= 0.6 is 0 Å². The highest BCUT2D eigenvalue weighted by molar-refractivity contribution is 7.92. The molecule has 2 amide bonds. The largest absolute Gasteiger partial charge is 0.455 e. The molecule has 1 aliphatic rings. The third-order valence-corrected chi connectivity index (χ3v) is 8.89.